The molecule has 52 heavy (non-hydrogen) atoms. The molecule has 12 heteroatoms. The lowest BCUT2D eigenvalue weighted by atomic mass is 9.88. The number of benzene rings is 1. The second-order valence-electron chi connectivity index (χ2n) is 15.3. The zero-order valence-corrected chi connectivity index (χ0v) is 32.7. The number of nitrogens with one attached hydrogen (secondary N) is 5. The van der Waals surface area contributed by atoms with Gasteiger partial charge in [0.25, 0.3) is 0 Å². The zero-order chi connectivity index (χ0) is 38.8. The summed E-state index contributed by atoms with van der Waals surface area (Å²) in [6, 6.07) is 5.11. The zero-order valence-electron chi connectivity index (χ0n) is 32.7. The van der Waals surface area contributed by atoms with Crippen LogP contribution in [0.1, 0.15) is 119 Å². The van der Waals surface area contributed by atoms with Crippen molar-refractivity contribution < 1.29 is 33.5 Å². The van der Waals surface area contributed by atoms with E-state index in [0.717, 1.165) is 31.2 Å². The third kappa shape index (κ3) is 15.7. The van der Waals surface area contributed by atoms with E-state index in [9.17, 15) is 28.8 Å². The molecule has 1 heterocycles. The molecule has 1 aromatic rings. The molecule has 1 saturated heterocycles. The minimum atomic E-state index is -1.11. The number of rotatable bonds is 14. The van der Waals surface area contributed by atoms with E-state index in [1.54, 1.807) is 20.8 Å². The van der Waals surface area contributed by atoms with Crippen LogP contribution in [-0.4, -0.2) is 72.3 Å². The second kappa shape index (κ2) is 22.9. The highest BCUT2D eigenvalue weighted by atomic mass is 16.5. The van der Waals surface area contributed by atoms with Crippen LogP contribution in [0, 0.1) is 23.7 Å². The van der Waals surface area contributed by atoms with Gasteiger partial charge in [-0.3, -0.25) is 24.0 Å². The molecule has 12 nitrogen and oxygen atoms in total. The molecule has 1 aliphatic rings. The first-order valence-corrected chi connectivity index (χ1v) is 19.4. The van der Waals surface area contributed by atoms with Gasteiger partial charge in [-0.1, -0.05) is 118 Å². The van der Waals surface area contributed by atoms with Crippen molar-refractivity contribution >= 4 is 35.5 Å². The average molecular weight is 728 g/mol. The van der Waals surface area contributed by atoms with E-state index < -0.39 is 65.8 Å². The van der Waals surface area contributed by atoms with E-state index in [0.29, 0.717) is 12.3 Å². The van der Waals surface area contributed by atoms with Gasteiger partial charge >= 0.3 is 5.97 Å². The number of unbranched alkanes of at least 4 members (excludes halogenated alkanes) is 3. The lowest BCUT2D eigenvalue weighted by Crippen LogP contribution is -2.59. The SMILES string of the molecule is CCCCCCC(C)CC(C)C1CC(=O)NCC(=O)NC(C(C)C)C(=O)NC(CC(C)C)C(=O)NC(CC)C(=O)NC(Cc2ccccc2)C(=O)O1. The van der Waals surface area contributed by atoms with Crippen molar-refractivity contribution in [1.82, 2.24) is 26.6 Å². The molecule has 0 bridgehead atoms. The fourth-order valence-corrected chi connectivity index (χ4v) is 6.51. The molecule has 7 atom stereocenters. The summed E-state index contributed by atoms with van der Waals surface area (Å²) in [4.78, 5) is 81.2. The fraction of sp³-hybridized carbons (Fsp3) is 0.700. The number of esters is 1. The topological polar surface area (TPSA) is 172 Å². The highest BCUT2D eigenvalue weighted by Gasteiger charge is 2.34. The Hall–Kier alpha value is -3.96. The number of ether oxygens (including phenoxy) is 1. The molecule has 5 N–H and O–H groups in total. The van der Waals surface area contributed by atoms with Crippen molar-refractivity contribution in [3.05, 3.63) is 35.9 Å². The van der Waals surface area contributed by atoms with Gasteiger partial charge in [-0.25, -0.2) is 4.79 Å². The number of carbonyl (C=O) groups is 6. The van der Waals surface area contributed by atoms with Gasteiger partial charge in [-0.2, -0.15) is 0 Å². The summed E-state index contributed by atoms with van der Waals surface area (Å²) in [5, 5.41) is 13.7. The molecule has 0 spiro atoms. The van der Waals surface area contributed by atoms with Crippen LogP contribution in [0.2, 0.25) is 0 Å². The summed E-state index contributed by atoms with van der Waals surface area (Å²) in [5.41, 5.74) is 0.786. The first kappa shape index (κ1) is 44.2. The van der Waals surface area contributed by atoms with Crippen LogP contribution < -0.4 is 26.6 Å². The standard InChI is InChI=1S/C40H65N5O7/c1-9-11-12-14-17-27(7)21-28(8)33-23-34(46)41-24-35(47)45-36(26(5)6)39(50)43-31(20-25(3)4)38(49)42-30(10-2)37(48)44-32(40(51)52-33)22-29-18-15-13-16-19-29/h13,15-16,18-19,25-28,30-33,36H,9-12,14,17,20-24H2,1-8H3,(H,41,46)(H,42,49)(H,43,50)(H,44,48)(H,45,47). The smallest absolute Gasteiger partial charge is 0.329 e. The molecule has 1 aromatic carbocycles. The Kier molecular flexibility index (Phi) is 19.4. The quantitative estimate of drug-likeness (QED) is 0.140. The maximum atomic E-state index is 14.0. The van der Waals surface area contributed by atoms with Crippen LogP contribution in [-0.2, 0) is 39.9 Å². The Labute approximate surface area is 311 Å². The van der Waals surface area contributed by atoms with E-state index in [-0.39, 0.29) is 50.0 Å². The molecule has 1 aliphatic heterocycles. The molecule has 7 unspecified atom stereocenters. The summed E-state index contributed by atoms with van der Waals surface area (Å²) < 4.78 is 6.11. The average Bonchev–Trinajstić information content (AvgIpc) is 3.09. The van der Waals surface area contributed by atoms with Gasteiger partial charge in [0.2, 0.25) is 29.5 Å². The molecule has 0 radical (unpaired) electrons. The van der Waals surface area contributed by atoms with Crippen LogP contribution in [0.3, 0.4) is 0 Å². The summed E-state index contributed by atoms with van der Waals surface area (Å²) in [6.07, 6.45) is 5.88. The van der Waals surface area contributed by atoms with E-state index in [1.165, 1.54) is 6.42 Å². The summed E-state index contributed by atoms with van der Waals surface area (Å²) in [6.45, 7) is 15.0. The first-order valence-electron chi connectivity index (χ1n) is 19.4. The second-order valence-corrected chi connectivity index (χ2v) is 15.3. The largest absolute Gasteiger partial charge is 0.460 e. The van der Waals surface area contributed by atoms with Gasteiger partial charge in [0.05, 0.1) is 13.0 Å². The van der Waals surface area contributed by atoms with Crippen molar-refractivity contribution in [1.29, 1.82) is 0 Å². The van der Waals surface area contributed by atoms with Crippen molar-refractivity contribution in [3.63, 3.8) is 0 Å². The van der Waals surface area contributed by atoms with Gasteiger partial charge in [-0.05, 0) is 48.5 Å². The van der Waals surface area contributed by atoms with Crippen LogP contribution in [0.4, 0.5) is 0 Å². The number of carbonyl (C=O) groups excluding carboxylic acids is 6. The van der Waals surface area contributed by atoms with Crippen LogP contribution in [0.25, 0.3) is 0 Å². The van der Waals surface area contributed by atoms with Gasteiger partial charge in [0.15, 0.2) is 0 Å². The number of hydrogen-bond acceptors (Lipinski definition) is 7. The number of cyclic esters (lactones) is 1. The van der Waals surface area contributed by atoms with E-state index in [2.05, 4.69) is 40.4 Å². The maximum absolute atomic E-state index is 14.0. The van der Waals surface area contributed by atoms with Crippen molar-refractivity contribution in [2.75, 3.05) is 6.54 Å². The van der Waals surface area contributed by atoms with Gasteiger partial charge in [-0.15, -0.1) is 0 Å². The van der Waals surface area contributed by atoms with Gasteiger partial charge in [0.1, 0.15) is 30.3 Å². The third-order valence-corrected chi connectivity index (χ3v) is 9.59. The maximum Gasteiger partial charge on any atom is 0.329 e. The minimum Gasteiger partial charge on any atom is -0.460 e. The molecule has 292 valence electrons. The van der Waals surface area contributed by atoms with Gasteiger partial charge in [0, 0.05) is 6.42 Å². The molecule has 0 aliphatic carbocycles. The number of hydrogen-bond donors (Lipinski definition) is 5. The Balaban J connectivity index is 2.50. The Morgan fingerprint density at radius 2 is 1.37 bits per heavy atom. The predicted molar refractivity (Wildman–Crippen MR) is 202 cm³/mol. The van der Waals surface area contributed by atoms with Crippen LogP contribution in [0.15, 0.2) is 30.3 Å². The Morgan fingerprint density at radius 3 is 1.98 bits per heavy atom. The van der Waals surface area contributed by atoms with E-state index in [4.69, 9.17) is 4.74 Å². The molecule has 0 aromatic heterocycles. The van der Waals surface area contributed by atoms with Gasteiger partial charge < -0.3 is 31.3 Å². The third-order valence-electron chi connectivity index (χ3n) is 9.59. The lowest BCUT2D eigenvalue weighted by Gasteiger charge is -2.29. The molecular weight excluding hydrogens is 662 g/mol. The summed E-state index contributed by atoms with van der Waals surface area (Å²) >= 11 is 0. The Bertz CT molecular complexity index is 1300. The van der Waals surface area contributed by atoms with Crippen molar-refractivity contribution in [3.8, 4) is 0 Å². The molecule has 5 amide bonds. The normalized spacial score (nSPS) is 24.3. The van der Waals surface area contributed by atoms with E-state index >= 15 is 0 Å². The molecule has 2 rings (SSSR count). The molecule has 1 fully saturated rings. The van der Waals surface area contributed by atoms with E-state index in [1.807, 2.05) is 51.1 Å². The molecular formula is C40H65N5O7. The molecule has 0 saturated carbocycles. The lowest BCUT2D eigenvalue weighted by molar-refractivity contribution is -0.157. The highest BCUT2D eigenvalue weighted by Crippen LogP contribution is 2.25. The highest BCUT2D eigenvalue weighted by molar-refractivity contribution is 5.95. The fourth-order valence-electron chi connectivity index (χ4n) is 6.51. The van der Waals surface area contributed by atoms with Crippen molar-refractivity contribution in [2.45, 2.75) is 150 Å². The van der Waals surface area contributed by atoms with Crippen LogP contribution in [0.5, 0.6) is 0 Å². The summed E-state index contributed by atoms with van der Waals surface area (Å²) in [5.74, 6) is -3.63. The summed E-state index contributed by atoms with van der Waals surface area (Å²) in [7, 11) is 0. The monoisotopic (exact) mass is 727 g/mol. The van der Waals surface area contributed by atoms with Crippen LogP contribution >= 0.6 is 0 Å². The minimum absolute atomic E-state index is 0.0123. The Morgan fingerprint density at radius 1 is 0.731 bits per heavy atom. The van der Waals surface area contributed by atoms with Crippen molar-refractivity contribution in [2.24, 2.45) is 23.7 Å². The predicted octanol–water partition coefficient (Wildman–Crippen LogP) is 4.34. The first-order chi connectivity index (χ1) is 24.6. The number of amides is 5.